The Labute approximate surface area is 174 Å². The van der Waals surface area contributed by atoms with E-state index in [1.54, 1.807) is 0 Å². The standard InChI is InChI=1S/C22H26N4O2S/c27-20(15-26-16-24-18-10-13-29-21(18)22(26)28)23-14-19(17-8-4-3-5-9-17)25-11-6-1-2-7-12-25/h3-5,8-10,13,16,19H,1-2,6-7,11-12,14-15H2,(H,23,27)/t19-/m0/s1. The number of hydrogen-bond acceptors (Lipinski definition) is 5. The molecular weight excluding hydrogens is 384 g/mol. The second-order valence-corrected chi connectivity index (χ2v) is 8.41. The minimum Gasteiger partial charge on any atom is -0.353 e. The van der Waals surface area contributed by atoms with Crippen LogP contribution in [0.2, 0.25) is 0 Å². The zero-order valence-electron chi connectivity index (χ0n) is 16.4. The number of nitrogens with zero attached hydrogens (tertiary/aromatic N) is 3. The number of fused-ring (bicyclic) bond motifs is 1. The van der Waals surface area contributed by atoms with Crippen LogP contribution in [-0.4, -0.2) is 40.0 Å². The summed E-state index contributed by atoms with van der Waals surface area (Å²) >= 11 is 1.36. The van der Waals surface area contributed by atoms with Crippen molar-refractivity contribution in [3.63, 3.8) is 0 Å². The first-order chi connectivity index (χ1) is 14.2. The molecule has 152 valence electrons. The van der Waals surface area contributed by atoms with Crippen molar-refractivity contribution in [3.05, 3.63) is 64.0 Å². The first kappa shape index (κ1) is 19.8. The summed E-state index contributed by atoms with van der Waals surface area (Å²) in [6.45, 7) is 2.62. The molecule has 0 spiro atoms. The van der Waals surface area contributed by atoms with E-state index in [4.69, 9.17) is 0 Å². The van der Waals surface area contributed by atoms with Gasteiger partial charge in [-0.2, -0.15) is 0 Å². The highest BCUT2D eigenvalue weighted by molar-refractivity contribution is 7.17. The number of benzene rings is 1. The maximum absolute atomic E-state index is 12.6. The Morgan fingerprint density at radius 2 is 1.86 bits per heavy atom. The summed E-state index contributed by atoms with van der Waals surface area (Å²) < 4.78 is 1.98. The lowest BCUT2D eigenvalue weighted by Crippen LogP contribution is -2.40. The number of carbonyl (C=O) groups excluding carboxylic acids is 1. The highest BCUT2D eigenvalue weighted by Crippen LogP contribution is 2.23. The molecule has 7 heteroatoms. The average Bonchev–Trinajstić information content (AvgIpc) is 3.07. The molecule has 29 heavy (non-hydrogen) atoms. The summed E-state index contributed by atoms with van der Waals surface area (Å²) in [5, 5.41) is 4.89. The van der Waals surface area contributed by atoms with Crippen LogP contribution in [0.5, 0.6) is 0 Å². The Kier molecular flexibility index (Phi) is 6.36. The van der Waals surface area contributed by atoms with Crippen LogP contribution in [0.4, 0.5) is 0 Å². The summed E-state index contributed by atoms with van der Waals surface area (Å²) in [6, 6.07) is 12.3. The Balaban J connectivity index is 1.45. The van der Waals surface area contributed by atoms with Crippen LogP contribution in [0.1, 0.15) is 37.3 Å². The minimum absolute atomic E-state index is 0.0127. The molecule has 0 unspecified atom stereocenters. The molecule has 1 aliphatic heterocycles. The summed E-state index contributed by atoms with van der Waals surface area (Å²) in [5.74, 6) is -0.166. The quantitative estimate of drug-likeness (QED) is 0.678. The van der Waals surface area contributed by atoms with Gasteiger partial charge >= 0.3 is 0 Å². The van der Waals surface area contributed by atoms with Gasteiger partial charge in [-0.25, -0.2) is 4.98 Å². The first-order valence-corrected chi connectivity index (χ1v) is 11.1. The molecule has 1 amide bonds. The smallest absolute Gasteiger partial charge is 0.271 e. The second kappa shape index (κ2) is 9.33. The lowest BCUT2D eigenvalue weighted by molar-refractivity contribution is -0.122. The van der Waals surface area contributed by atoms with E-state index in [0.29, 0.717) is 16.8 Å². The third-order valence-electron chi connectivity index (χ3n) is 5.51. The maximum Gasteiger partial charge on any atom is 0.271 e. The molecule has 0 bridgehead atoms. The molecule has 4 rings (SSSR count). The molecule has 0 saturated carbocycles. The average molecular weight is 411 g/mol. The van der Waals surface area contributed by atoms with Gasteiger partial charge in [-0.1, -0.05) is 43.2 Å². The van der Waals surface area contributed by atoms with Gasteiger partial charge in [0.2, 0.25) is 5.91 Å². The van der Waals surface area contributed by atoms with Gasteiger partial charge in [-0.15, -0.1) is 11.3 Å². The van der Waals surface area contributed by atoms with Gasteiger partial charge in [0, 0.05) is 6.54 Å². The normalized spacial score (nSPS) is 16.4. The molecule has 1 saturated heterocycles. The van der Waals surface area contributed by atoms with Crippen molar-refractivity contribution in [2.45, 2.75) is 38.3 Å². The molecule has 1 N–H and O–H groups in total. The Hall–Kier alpha value is -2.51. The predicted octanol–water partition coefficient (Wildman–Crippen LogP) is 3.19. The molecule has 1 atom stereocenters. The lowest BCUT2D eigenvalue weighted by atomic mass is 10.0. The Morgan fingerprint density at radius 3 is 2.62 bits per heavy atom. The monoisotopic (exact) mass is 410 g/mol. The van der Waals surface area contributed by atoms with Gasteiger partial charge < -0.3 is 5.32 Å². The number of rotatable bonds is 6. The zero-order chi connectivity index (χ0) is 20.1. The van der Waals surface area contributed by atoms with Crippen molar-refractivity contribution in [1.82, 2.24) is 19.8 Å². The van der Waals surface area contributed by atoms with Crippen molar-refractivity contribution in [2.24, 2.45) is 0 Å². The molecule has 1 aliphatic rings. The highest BCUT2D eigenvalue weighted by Gasteiger charge is 2.22. The van der Waals surface area contributed by atoms with E-state index in [9.17, 15) is 9.59 Å². The maximum atomic E-state index is 12.6. The molecule has 0 radical (unpaired) electrons. The summed E-state index contributed by atoms with van der Waals surface area (Å²) in [5.41, 5.74) is 1.74. The van der Waals surface area contributed by atoms with Crippen molar-refractivity contribution in [3.8, 4) is 0 Å². The molecule has 1 fully saturated rings. The largest absolute Gasteiger partial charge is 0.353 e. The number of amides is 1. The first-order valence-electron chi connectivity index (χ1n) is 10.2. The van der Waals surface area contributed by atoms with Crippen LogP contribution in [0, 0.1) is 0 Å². The third kappa shape index (κ3) is 4.74. The van der Waals surface area contributed by atoms with E-state index in [-0.39, 0.29) is 24.1 Å². The molecule has 3 heterocycles. The van der Waals surface area contributed by atoms with Crippen molar-refractivity contribution in [2.75, 3.05) is 19.6 Å². The van der Waals surface area contributed by atoms with Crippen LogP contribution in [0.25, 0.3) is 10.2 Å². The zero-order valence-corrected chi connectivity index (χ0v) is 17.2. The number of hydrogen-bond donors (Lipinski definition) is 1. The van der Waals surface area contributed by atoms with Crippen molar-refractivity contribution < 1.29 is 4.79 Å². The van der Waals surface area contributed by atoms with Crippen molar-refractivity contribution >= 4 is 27.5 Å². The van der Waals surface area contributed by atoms with Gasteiger partial charge in [-0.05, 0) is 42.9 Å². The van der Waals surface area contributed by atoms with Gasteiger partial charge in [0.25, 0.3) is 5.56 Å². The Morgan fingerprint density at radius 1 is 1.10 bits per heavy atom. The summed E-state index contributed by atoms with van der Waals surface area (Å²) in [7, 11) is 0. The van der Waals surface area contributed by atoms with Gasteiger partial charge in [0.05, 0.1) is 17.9 Å². The van der Waals surface area contributed by atoms with Crippen LogP contribution >= 0.6 is 11.3 Å². The van der Waals surface area contributed by atoms with Gasteiger partial charge in [-0.3, -0.25) is 19.1 Å². The number of carbonyl (C=O) groups is 1. The number of thiophene rings is 1. The molecule has 3 aromatic rings. The SMILES string of the molecule is O=C(Cn1cnc2ccsc2c1=O)NC[C@@H](c1ccccc1)N1CCCCCC1. The van der Waals surface area contributed by atoms with E-state index >= 15 is 0 Å². The lowest BCUT2D eigenvalue weighted by Gasteiger charge is -2.31. The van der Waals surface area contributed by atoms with Crippen LogP contribution in [0.15, 0.2) is 52.9 Å². The number of likely N-dealkylation sites (tertiary alicyclic amines) is 1. The number of aromatic nitrogens is 2. The summed E-state index contributed by atoms with van der Waals surface area (Å²) in [6.07, 6.45) is 6.38. The minimum atomic E-state index is -0.166. The molecule has 0 aliphatic carbocycles. The van der Waals surface area contributed by atoms with Crippen molar-refractivity contribution in [1.29, 1.82) is 0 Å². The molecule has 1 aromatic carbocycles. The molecular formula is C22H26N4O2S. The highest BCUT2D eigenvalue weighted by atomic mass is 32.1. The topological polar surface area (TPSA) is 67.2 Å². The fourth-order valence-electron chi connectivity index (χ4n) is 3.95. The fraction of sp³-hybridized carbons (Fsp3) is 0.409. The predicted molar refractivity (Wildman–Crippen MR) is 116 cm³/mol. The second-order valence-electron chi connectivity index (χ2n) is 7.49. The van der Waals surface area contributed by atoms with Crippen LogP contribution in [-0.2, 0) is 11.3 Å². The van der Waals surface area contributed by atoms with E-state index in [0.717, 1.165) is 13.1 Å². The van der Waals surface area contributed by atoms with Crippen LogP contribution in [0.3, 0.4) is 0 Å². The van der Waals surface area contributed by atoms with E-state index in [1.807, 2.05) is 29.6 Å². The third-order valence-corrected chi connectivity index (χ3v) is 6.40. The van der Waals surface area contributed by atoms with Gasteiger partial charge in [0.1, 0.15) is 11.2 Å². The molecule has 2 aromatic heterocycles. The van der Waals surface area contributed by atoms with E-state index in [1.165, 1.54) is 53.5 Å². The Bertz CT molecular complexity index is 1010. The number of nitrogens with one attached hydrogen (secondary N) is 1. The van der Waals surface area contributed by atoms with E-state index in [2.05, 4.69) is 27.3 Å². The van der Waals surface area contributed by atoms with Crippen LogP contribution < -0.4 is 10.9 Å². The summed E-state index contributed by atoms with van der Waals surface area (Å²) in [4.78, 5) is 31.9. The van der Waals surface area contributed by atoms with E-state index < -0.39 is 0 Å². The van der Waals surface area contributed by atoms with Gasteiger partial charge in [0.15, 0.2) is 0 Å². The fourth-order valence-corrected chi connectivity index (χ4v) is 4.75. The molecule has 6 nitrogen and oxygen atoms in total.